The van der Waals surface area contributed by atoms with Crippen molar-refractivity contribution in [3.8, 4) is 0 Å². The van der Waals surface area contributed by atoms with Gasteiger partial charge < -0.3 is 14.7 Å². The molecule has 2 N–H and O–H groups in total. The minimum absolute atomic E-state index is 0.135. The van der Waals surface area contributed by atoms with E-state index in [1.54, 1.807) is 0 Å². The number of carboxylic acids is 1. The van der Waals surface area contributed by atoms with Gasteiger partial charge in [0.2, 0.25) is 15.9 Å². The number of aliphatic carboxylic acids is 1. The van der Waals surface area contributed by atoms with Gasteiger partial charge in [0.05, 0.1) is 12.3 Å². The summed E-state index contributed by atoms with van der Waals surface area (Å²) < 4.78 is 30.3. The Morgan fingerprint density at radius 2 is 2.10 bits per heavy atom. The third-order valence-corrected chi connectivity index (χ3v) is 5.02. The van der Waals surface area contributed by atoms with Crippen molar-refractivity contribution in [2.45, 2.75) is 31.7 Å². The number of carboxylic acid groups (broad SMARTS) is 1. The lowest BCUT2D eigenvalue weighted by atomic mass is 9.99. The number of hydrogen-bond acceptors (Lipinski definition) is 5. The van der Waals surface area contributed by atoms with Crippen molar-refractivity contribution in [1.82, 2.24) is 9.62 Å². The standard InChI is InChI=1S/C12H22N2O6S/c1-12(11(16)17)5-3-6-14(12)10(15)9-13-21(18,19)8-4-7-20-2/h13H,3-9H2,1-2H3,(H,16,17). The molecule has 0 radical (unpaired) electrons. The van der Waals surface area contributed by atoms with E-state index in [0.717, 1.165) is 0 Å². The van der Waals surface area contributed by atoms with Gasteiger partial charge in [-0.1, -0.05) is 0 Å². The lowest BCUT2D eigenvalue weighted by Crippen LogP contribution is -2.53. The van der Waals surface area contributed by atoms with Crippen molar-refractivity contribution in [3.05, 3.63) is 0 Å². The van der Waals surface area contributed by atoms with E-state index >= 15 is 0 Å². The van der Waals surface area contributed by atoms with Gasteiger partial charge in [-0.3, -0.25) is 4.79 Å². The Morgan fingerprint density at radius 3 is 2.67 bits per heavy atom. The molecular formula is C12H22N2O6S. The van der Waals surface area contributed by atoms with Crippen LogP contribution in [0.2, 0.25) is 0 Å². The summed E-state index contributed by atoms with van der Waals surface area (Å²) in [4.78, 5) is 24.5. The molecule has 8 nitrogen and oxygen atoms in total. The summed E-state index contributed by atoms with van der Waals surface area (Å²) >= 11 is 0. The van der Waals surface area contributed by atoms with Crippen molar-refractivity contribution >= 4 is 21.9 Å². The van der Waals surface area contributed by atoms with Gasteiger partial charge in [-0.25, -0.2) is 17.9 Å². The van der Waals surface area contributed by atoms with Crippen LogP contribution in [-0.4, -0.2) is 68.4 Å². The van der Waals surface area contributed by atoms with E-state index in [1.807, 2.05) is 0 Å². The zero-order valence-corrected chi connectivity index (χ0v) is 13.1. The molecule has 0 aromatic rings. The van der Waals surface area contributed by atoms with Crippen LogP contribution in [0.3, 0.4) is 0 Å². The van der Waals surface area contributed by atoms with Gasteiger partial charge in [0.25, 0.3) is 0 Å². The number of carbonyl (C=O) groups is 2. The van der Waals surface area contributed by atoms with Crippen molar-refractivity contribution in [3.63, 3.8) is 0 Å². The Bertz CT molecular complexity index is 492. The monoisotopic (exact) mass is 322 g/mol. The van der Waals surface area contributed by atoms with E-state index in [2.05, 4.69) is 4.72 Å². The van der Waals surface area contributed by atoms with Gasteiger partial charge in [0.15, 0.2) is 0 Å². The molecule has 21 heavy (non-hydrogen) atoms. The first-order chi connectivity index (χ1) is 9.73. The second kappa shape index (κ2) is 7.19. The van der Waals surface area contributed by atoms with E-state index in [4.69, 9.17) is 4.74 Å². The fourth-order valence-electron chi connectivity index (χ4n) is 2.32. The van der Waals surface area contributed by atoms with Crippen LogP contribution in [0.5, 0.6) is 0 Å². The molecule has 0 spiro atoms. The van der Waals surface area contributed by atoms with Crippen LogP contribution in [0.4, 0.5) is 0 Å². The summed E-state index contributed by atoms with van der Waals surface area (Å²) in [6.45, 7) is 1.70. The number of carbonyl (C=O) groups excluding carboxylic acids is 1. The second-order valence-corrected chi connectivity index (χ2v) is 7.14. The van der Waals surface area contributed by atoms with Crippen LogP contribution in [0, 0.1) is 0 Å². The van der Waals surface area contributed by atoms with Gasteiger partial charge in [-0.2, -0.15) is 0 Å². The molecule has 1 atom stereocenters. The lowest BCUT2D eigenvalue weighted by Gasteiger charge is -2.31. The van der Waals surface area contributed by atoms with Crippen LogP contribution in [0.15, 0.2) is 0 Å². The first kappa shape index (κ1) is 17.9. The molecule has 1 heterocycles. The molecule has 1 rings (SSSR count). The number of hydrogen-bond donors (Lipinski definition) is 2. The van der Waals surface area contributed by atoms with Crippen molar-refractivity contribution in [1.29, 1.82) is 0 Å². The highest BCUT2D eigenvalue weighted by Crippen LogP contribution is 2.29. The first-order valence-corrected chi connectivity index (χ1v) is 8.38. The van der Waals surface area contributed by atoms with Gasteiger partial charge in [-0.15, -0.1) is 0 Å². The molecule has 9 heteroatoms. The average Bonchev–Trinajstić information content (AvgIpc) is 2.80. The Balaban J connectivity index is 2.56. The Labute approximate surface area is 124 Å². The molecule has 0 aromatic carbocycles. The largest absolute Gasteiger partial charge is 0.480 e. The van der Waals surface area contributed by atoms with Crippen LogP contribution >= 0.6 is 0 Å². The number of nitrogens with one attached hydrogen (secondary N) is 1. The zero-order chi connectivity index (χ0) is 16.1. The SMILES string of the molecule is COCCCS(=O)(=O)NCC(=O)N1CCCC1(C)C(=O)O. The number of ether oxygens (including phenoxy) is 1. The molecule has 1 saturated heterocycles. The first-order valence-electron chi connectivity index (χ1n) is 6.73. The third-order valence-electron chi connectivity index (χ3n) is 3.61. The quantitative estimate of drug-likeness (QED) is 0.577. The normalized spacial score (nSPS) is 22.5. The van der Waals surface area contributed by atoms with Crippen molar-refractivity contribution in [2.24, 2.45) is 0 Å². The number of amides is 1. The maximum atomic E-state index is 12.1. The van der Waals surface area contributed by atoms with Crippen molar-refractivity contribution in [2.75, 3.05) is 32.6 Å². The van der Waals surface area contributed by atoms with Crippen LogP contribution in [0.25, 0.3) is 0 Å². The predicted molar refractivity (Wildman–Crippen MR) is 75.3 cm³/mol. The summed E-state index contributed by atoms with van der Waals surface area (Å²) in [7, 11) is -2.09. The summed E-state index contributed by atoms with van der Waals surface area (Å²) in [6.07, 6.45) is 1.29. The highest BCUT2D eigenvalue weighted by molar-refractivity contribution is 7.89. The summed E-state index contributed by atoms with van der Waals surface area (Å²) in [5, 5.41) is 9.22. The number of rotatable bonds is 8. The Morgan fingerprint density at radius 1 is 1.43 bits per heavy atom. The molecule has 1 fully saturated rings. The average molecular weight is 322 g/mol. The molecule has 0 aromatic heterocycles. The van der Waals surface area contributed by atoms with Gasteiger partial charge in [0, 0.05) is 20.3 Å². The number of methoxy groups -OCH3 is 1. The number of likely N-dealkylation sites (tertiary alicyclic amines) is 1. The van der Waals surface area contributed by atoms with E-state index in [-0.39, 0.29) is 5.75 Å². The summed E-state index contributed by atoms with van der Waals surface area (Å²) in [5.41, 5.74) is -1.25. The minimum atomic E-state index is -3.56. The fourth-order valence-corrected chi connectivity index (χ4v) is 3.30. The smallest absolute Gasteiger partial charge is 0.329 e. The molecule has 0 bridgehead atoms. The highest BCUT2D eigenvalue weighted by atomic mass is 32.2. The van der Waals surface area contributed by atoms with E-state index in [9.17, 15) is 23.1 Å². The Hall–Kier alpha value is -1.19. The third kappa shape index (κ3) is 4.65. The summed E-state index contributed by atoms with van der Waals surface area (Å²) in [5.74, 6) is -1.73. The molecule has 1 amide bonds. The molecular weight excluding hydrogens is 300 g/mol. The van der Waals surface area contributed by atoms with Gasteiger partial charge in [0.1, 0.15) is 5.54 Å². The molecule has 1 aliphatic heterocycles. The number of sulfonamides is 1. The number of nitrogens with zero attached hydrogens (tertiary/aromatic N) is 1. The topological polar surface area (TPSA) is 113 Å². The maximum Gasteiger partial charge on any atom is 0.329 e. The summed E-state index contributed by atoms with van der Waals surface area (Å²) in [6, 6.07) is 0. The van der Waals surface area contributed by atoms with Gasteiger partial charge in [-0.05, 0) is 26.2 Å². The fraction of sp³-hybridized carbons (Fsp3) is 0.833. The van der Waals surface area contributed by atoms with E-state index in [1.165, 1.54) is 18.9 Å². The van der Waals surface area contributed by atoms with E-state index in [0.29, 0.717) is 32.4 Å². The maximum absolute atomic E-state index is 12.1. The Kier molecular flexibility index (Phi) is 6.11. The van der Waals surface area contributed by atoms with Crippen LogP contribution < -0.4 is 4.72 Å². The molecule has 1 aliphatic rings. The molecule has 122 valence electrons. The highest BCUT2D eigenvalue weighted by Gasteiger charge is 2.45. The van der Waals surface area contributed by atoms with Crippen LogP contribution in [-0.2, 0) is 24.3 Å². The molecule has 0 aliphatic carbocycles. The zero-order valence-electron chi connectivity index (χ0n) is 12.3. The molecule has 0 saturated carbocycles. The predicted octanol–water partition coefficient (Wildman–Crippen LogP) is -0.592. The second-order valence-electron chi connectivity index (χ2n) is 5.21. The van der Waals surface area contributed by atoms with E-state index < -0.39 is 34.0 Å². The molecule has 1 unspecified atom stereocenters. The van der Waals surface area contributed by atoms with Crippen LogP contribution in [0.1, 0.15) is 26.2 Å². The lowest BCUT2D eigenvalue weighted by molar-refractivity contribution is -0.154. The van der Waals surface area contributed by atoms with Gasteiger partial charge >= 0.3 is 5.97 Å². The van der Waals surface area contributed by atoms with Crippen molar-refractivity contribution < 1.29 is 27.9 Å². The minimum Gasteiger partial charge on any atom is -0.480 e.